The quantitative estimate of drug-likeness (QED) is 0.686. The van der Waals surface area contributed by atoms with Gasteiger partial charge in [0.25, 0.3) is 0 Å². The highest BCUT2D eigenvalue weighted by molar-refractivity contribution is 5.87. The average molecular weight is 276 g/mol. The van der Waals surface area contributed by atoms with Gasteiger partial charge >= 0.3 is 0 Å². The van der Waals surface area contributed by atoms with Gasteiger partial charge in [0.05, 0.1) is 11.9 Å². The molecule has 0 unspecified atom stereocenters. The molecule has 3 rings (SSSR count). The summed E-state index contributed by atoms with van der Waals surface area (Å²) in [5, 5.41) is 8.56. The van der Waals surface area contributed by atoms with Crippen molar-refractivity contribution < 1.29 is 0 Å². The van der Waals surface area contributed by atoms with Crippen LogP contribution in [0.5, 0.6) is 0 Å². The molecule has 0 aliphatic heterocycles. The second kappa shape index (κ2) is 6.13. The zero-order valence-electron chi connectivity index (χ0n) is 11.8. The maximum absolute atomic E-state index is 4.29. The van der Waals surface area contributed by atoms with Crippen LogP contribution in [0.15, 0.2) is 65.7 Å². The van der Waals surface area contributed by atoms with Crippen molar-refractivity contribution >= 4 is 6.21 Å². The summed E-state index contributed by atoms with van der Waals surface area (Å²) in [4.78, 5) is 4.29. The van der Waals surface area contributed by atoms with Gasteiger partial charge in [-0.25, -0.2) is 4.68 Å². The second-order valence-electron chi connectivity index (χ2n) is 4.56. The van der Waals surface area contributed by atoms with Crippen molar-refractivity contribution in [3.63, 3.8) is 0 Å². The molecule has 4 nitrogen and oxygen atoms in total. The number of rotatable bonds is 4. The third-order valence-electron chi connectivity index (χ3n) is 3.14. The number of aromatic nitrogens is 3. The number of aliphatic imine (C=N–C) groups is 1. The van der Waals surface area contributed by atoms with Gasteiger partial charge in [0.15, 0.2) is 0 Å². The fourth-order valence-electron chi connectivity index (χ4n) is 2.17. The number of para-hydroxylation sites is 1. The van der Waals surface area contributed by atoms with Crippen LogP contribution < -0.4 is 0 Å². The second-order valence-corrected chi connectivity index (χ2v) is 4.56. The molecule has 0 atom stereocenters. The van der Waals surface area contributed by atoms with Crippen LogP contribution in [0.1, 0.15) is 12.6 Å². The molecule has 1 aromatic heterocycles. The Balaban J connectivity index is 2.18. The zero-order chi connectivity index (χ0) is 14.5. The van der Waals surface area contributed by atoms with Crippen molar-refractivity contribution in [3.05, 3.63) is 66.4 Å². The molecule has 0 spiro atoms. The lowest BCUT2D eigenvalue weighted by Gasteiger charge is -2.07. The van der Waals surface area contributed by atoms with Crippen LogP contribution >= 0.6 is 0 Å². The Hall–Kier alpha value is -2.75. The van der Waals surface area contributed by atoms with E-state index in [1.807, 2.05) is 60.1 Å². The maximum atomic E-state index is 4.29. The SMILES string of the molecule is CCN=Cc1nnn(-c2ccccc2)c1-c1ccccc1. The Labute approximate surface area is 123 Å². The van der Waals surface area contributed by atoms with Crippen LogP contribution in [0.25, 0.3) is 16.9 Å². The molecular formula is C17H16N4. The molecule has 0 aliphatic rings. The minimum atomic E-state index is 0.729. The van der Waals surface area contributed by atoms with Gasteiger partial charge in [0.1, 0.15) is 11.4 Å². The Morgan fingerprint density at radius 1 is 1.00 bits per heavy atom. The van der Waals surface area contributed by atoms with Gasteiger partial charge in [-0.3, -0.25) is 4.99 Å². The van der Waals surface area contributed by atoms with Crippen LogP contribution in [0, 0.1) is 0 Å². The van der Waals surface area contributed by atoms with Crippen LogP contribution in [-0.4, -0.2) is 27.8 Å². The van der Waals surface area contributed by atoms with Crippen LogP contribution in [0.4, 0.5) is 0 Å². The molecule has 0 aliphatic carbocycles. The summed E-state index contributed by atoms with van der Waals surface area (Å²) in [6, 6.07) is 20.1. The Morgan fingerprint density at radius 2 is 1.67 bits per heavy atom. The molecule has 21 heavy (non-hydrogen) atoms. The smallest absolute Gasteiger partial charge is 0.132 e. The molecule has 0 fully saturated rings. The van der Waals surface area contributed by atoms with Gasteiger partial charge in [-0.15, -0.1) is 5.10 Å². The average Bonchev–Trinajstić information content (AvgIpc) is 2.98. The van der Waals surface area contributed by atoms with Crippen LogP contribution in [0.2, 0.25) is 0 Å². The molecule has 0 N–H and O–H groups in total. The first-order chi connectivity index (χ1) is 10.4. The standard InChI is InChI=1S/C17H16N4/c1-2-18-13-16-17(14-9-5-3-6-10-14)21(20-19-16)15-11-7-4-8-12-15/h3-13H,2H2,1H3. The summed E-state index contributed by atoms with van der Waals surface area (Å²) in [6.07, 6.45) is 1.79. The highest BCUT2D eigenvalue weighted by Crippen LogP contribution is 2.24. The van der Waals surface area contributed by atoms with Gasteiger partial charge < -0.3 is 0 Å². The van der Waals surface area contributed by atoms with Gasteiger partial charge in [-0.05, 0) is 19.1 Å². The normalized spacial score (nSPS) is 11.1. The first kappa shape index (κ1) is 13.2. The molecule has 0 radical (unpaired) electrons. The monoisotopic (exact) mass is 276 g/mol. The van der Waals surface area contributed by atoms with Crippen molar-refractivity contribution in [1.29, 1.82) is 0 Å². The first-order valence-corrected chi connectivity index (χ1v) is 6.96. The third kappa shape index (κ3) is 2.74. The lowest BCUT2D eigenvalue weighted by Crippen LogP contribution is -1.99. The van der Waals surface area contributed by atoms with E-state index in [0.717, 1.165) is 29.2 Å². The van der Waals surface area contributed by atoms with E-state index in [2.05, 4.69) is 27.4 Å². The molecule has 4 heteroatoms. The summed E-state index contributed by atoms with van der Waals surface area (Å²) in [6.45, 7) is 2.73. The third-order valence-corrected chi connectivity index (χ3v) is 3.14. The zero-order valence-corrected chi connectivity index (χ0v) is 11.8. The molecule has 3 aromatic rings. The number of nitrogens with zero attached hydrogens (tertiary/aromatic N) is 4. The highest BCUT2D eigenvalue weighted by atomic mass is 15.4. The maximum Gasteiger partial charge on any atom is 0.132 e. The largest absolute Gasteiger partial charge is 0.291 e. The molecular weight excluding hydrogens is 260 g/mol. The summed E-state index contributed by atoms with van der Waals surface area (Å²) in [5.74, 6) is 0. The number of benzene rings is 2. The van der Waals surface area contributed by atoms with Crippen LogP contribution in [-0.2, 0) is 0 Å². The predicted molar refractivity (Wildman–Crippen MR) is 84.9 cm³/mol. The molecule has 104 valence electrons. The first-order valence-electron chi connectivity index (χ1n) is 6.96. The molecule has 0 amide bonds. The fraction of sp³-hybridized carbons (Fsp3) is 0.118. The number of hydrogen-bond donors (Lipinski definition) is 0. The predicted octanol–water partition coefficient (Wildman–Crippen LogP) is 3.37. The molecule has 2 aromatic carbocycles. The molecule has 0 bridgehead atoms. The minimum Gasteiger partial charge on any atom is -0.291 e. The van der Waals surface area contributed by atoms with Crippen molar-refractivity contribution in [1.82, 2.24) is 15.0 Å². The summed E-state index contributed by atoms with van der Waals surface area (Å²) < 4.78 is 1.85. The van der Waals surface area contributed by atoms with E-state index in [0.29, 0.717) is 0 Å². The van der Waals surface area contributed by atoms with Crippen molar-refractivity contribution in [2.24, 2.45) is 4.99 Å². The fourth-order valence-corrected chi connectivity index (χ4v) is 2.17. The summed E-state index contributed by atoms with van der Waals surface area (Å²) in [5.41, 5.74) is 3.80. The minimum absolute atomic E-state index is 0.729. The topological polar surface area (TPSA) is 43.1 Å². The van der Waals surface area contributed by atoms with Gasteiger partial charge in [0.2, 0.25) is 0 Å². The van der Waals surface area contributed by atoms with Crippen LogP contribution in [0.3, 0.4) is 0 Å². The van der Waals surface area contributed by atoms with E-state index in [-0.39, 0.29) is 0 Å². The Morgan fingerprint density at radius 3 is 2.33 bits per heavy atom. The van der Waals surface area contributed by atoms with Gasteiger partial charge in [-0.2, -0.15) is 0 Å². The van der Waals surface area contributed by atoms with E-state index in [1.165, 1.54) is 0 Å². The van der Waals surface area contributed by atoms with E-state index in [4.69, 9.17) is 0 Å². The van der Waals surface area contributed by atoms with E-state index < -0.39 is 0 Å². The van der Waals surface area contributed by atoms with Crippen molar-refractivity contribution in [3.8, 4) is 16.9 Å². The van der Waals surface area contributed by atoms with E-state index >= 15 is 0 Å². The summed E-state index contributed by atoms with van der Waals surface area (Å²) >= 11 is 0. The van der Waals surface area contributed by atoms with Gasteiger partial charge in [0, 0.05) is 12.1 Å². The van der Waals surface area contributed by atoms with Crippen molar-refractivity contribution in [2.45, 2.75) is 6.92 Å². The molecule has 0 saturated heterocycles. The Bertz CT molecular complexity index is 730. The highest BCUT2D eigenvalue weighted by Gasteiger charge is 2.14. The van der Waals surface area contributed by atoms with E-state index in [1.54, 1.807) is 6.21 Å². The van der Waals surface area contributed by atoms with E-state index in [9.17, 15) is 0 Å². The van der Waals surface area contributed by atoms with Gasteiger partial charge in [-0.1, -0.05) is 53.7 Å². The van der Waals surface area contributed by atoms with Crippen molar-refractivity contribution in [2.75, 3.05) is 6.54 Å². The Kier molecular flexibility index (Phi) is 3.87. The lowest BCUT2D eigenvalue weighted by molar-refractivity contribution is 0.807. The summed E-state index contributed by atoms with van der Waals surface area (Å²) in [7, 11) is 0. The number of hydrogen-bond acceptors (Lipinski definition) is 3. The molecule has 0 saturated carbocycles. The lowest BCUT2D eigenvalue weighted by atomic mass is 10.1. The molecule has 1 heterocycles.